The van der Waals surface area contributed by atoms with Gasteiger partial charge >= 0.3 is 0 Å². The molecule has 20 heavy (non-hydrogen) atoms. The third-order valence-electron chi connectivity index (χ3n) is 4.07. The van der Waals surface area contributed by atoms with Gasteiger partial charge in [0.2, 0.25) is 0 Å². The third kappa shape index (κ3) is 3.74. The third-order valence-corrected chi connectivity index (χ3v) is 4.32. The summed E-state index contributed by atoms with van der Waals surface area (Å²) >= 11 is 5.90. The minimum absolute atomic E-state index is 0.202. The molecule has 1 saturated heterocycles. The van der Waals surface area contributed by atoms with Crippen LogP contribution in [-0.4, -0.2) is 31.6 Å². The Hall–Kier alpha value is -1.06. The number of aliphatic imine (C=N–C) groups is 1. The molecule has 0 saturated carbocycles. The molecule has 3 rings (SSSR count). The van der Waals surface area contributed by atoms with Crippen LogP contribution in [0.5, 0.6) is 0 Å². The normalized spacial score (nSPS) is 23.4. The Kier molecular flexibility index (Phi) is 4.58. The zero-order valence-corrected chi connectivity index (χ0v) is 12.4. The molecule has 0 aromatic heterocycles. The number of piperidine rings is 1. The predicted molar refractivity (Wildman–Crippen MR) is 82.5 cm³/mol. The first kappa shape index (κ1) is 13.9. The molecule has 1 aromatic carbocycles. The van der Waals surface area contributed by atoms with Crippen LogP contribution in [0.15, 0.2) is 29.3 Å². The number of ether oxygens (including phenoxy) is 1. The van der Waals surface area contributed by atoms with Gasteiger partial charge < -0.3 is 10.1 Å². The summed E-state index contributed by atoms with van der Waals surface area (Å²) in [5.74, 6) is 1.71. The van der Waals surface area contributed by atoms with Gasteiger partial charge in [-0.1, -0.05) is 23.7 Å². The monoisotopic (exact) mass is 292 g/mol. The van der Waals surface area contributed by atoms with Crippen molar-refractivity contribution in [3.63, 3.8) is 0 Å². The van der Waals surface area contributed by atoms with Crippen molar-refractivity contribution in [3.05, 3.63) is 34.9 Å². The van der Waals surface area contributed by atoms with E-state index in [1.54, 1.807) is 0 Å². The molecule has 2 heterocycles. The van der Waals surface area contributed by atoms with Gasteiger partial charge in [0.05, 0.1) is 6.54 Å². The topological polar surface area (TPSA) is 33.6 Å². The summed E-state index contributed by atoms with van der Waals surface area (Å²) in [7, 11) is 0. The van der Waals surface area contributed by atoms with Crippen LogP contribution in [0, 0.1) is 5.92 Å². The lowest BCUT2D eigenvalue weighted by atomic mass is 9.95. The summed E-state index contributed by atoms with van der Waals surface area (Å²) in [5.41, 5.74) is 1.26. The van der Waals surface area contributed by atoms with Gasteiger partial charge in [-0.25, -0.2) is 0 Å². The lowest BCUT2D eigenvalue weighted by Crippen LogP contribution is -2.29. The highest BCUT2D eigenvalue weighted by atomic mass is 35.5. The molecule has 2 aliphatic heterocycles. The molecule has 1 atom stereocenters. The van der Waals surface area contributed by atoms with E-state index in [4.69, 9.17) is 16.3 Å². The SMILES string of the molecule is Clc1ccc(CC2CN=C(CC3CCNCC3)O2)cc1. The van der Waals surface area contributed by atoms with Gasteiger partial charge in [-0.05, 0) is 49.5 Å². The second-order valence-corrected chi connectivity index (χ2v) is 6.14. The molecule has 4 heteroatoms. The van der Waals surface area contributed by atoms with Crippen molar-refractivity contribution < 1.29 is 4.74 Å². The van der Waals surface area contributed by atoms with Gasteiger partial charge in [0.1, 0.15) is 6.10 Å². The zero-order valence-electron chi connectivity index (χ0n) is 11.6. The van der Waals surface area contributed by atoms with E-state index >= 15 is 0 Å². The number of rotatable bonds is 4. The fourth-order valence-corrected chi connectivity index (χ4v) is 3.03. The average Bonchev–Trinajstić information content (AvgIpc) is 2.90. The summed E-state index contributed by atoms with van der Waals surface area (Å²) in [6.45, 7) is 3.06. The van der Waals surface area contributed by atoms with Crippen LogP contribution < -0.4 is 5.32 Å². The van der Waals surface area contributed by atoms with Crippen LogP contribution in [-0.2, 0) is 11.2 Å². The Labute approximate surface area is 125 Å². The highest BCUT2D eigenvalue weighted by Gasteiger charge is 2.23. The van der Waals surface area contributed by atoms with Gasteiger partial charge in [0.15, 0.2) is 5.90 Å². The molecule has 108 valence electrons. The molecular weight excluding hydrogens is 272 g/mol. The summed E-state index contributed by atoms with van der Waals surface area (Å²) in [6.07, 6.45) is 4.61. The molecule has 1 fully saturated rings. The Morgan fingerprint density at radius 2 is 1.90 bits per heavy atom. The summed E-state index contributed by atoms with van der Waals surface area (Å²) in [5, 5.41) is 4.18. The first-order chi connectivity index (χ1) is 9.79. The van der Waals surface area contributed by atoms with Crippen molar-refractivity contribution in [1.29, 1.82) is 0 Å². The standard InChI is InChI=1S/C16H21ClN2O/c17-14-3-1-12(2-4-14)9-15-11-19-16(20-15)10-13-5-7-18-8-6-13/h1-4,13,15,18H,5-11H2. The van der Waals surface area contributed by atoms with E-state index in [2.05, 4.69) is 22.4 Å². The molecule has 0 aliphatic carbocycles. The van der Waals surface area contributed by atoms with Gasteiger partial charge in [0.25, 0.3) is 0 Å². The molecule has 1 N–H and O–H groups in total. The number of hydrogen-bond acceptors (Lipinski definition) is 3. The van der Waals surface area contributed by atoms with E-state index in [1.807, 2.05) is 12.1 Å². The maximum atomic E-state index is 5.99. The predicted octanol–water partition coefficient (Wildman–Crippen LogP) is 3.07. The summed E-state index contributed by atoms with van der Waals surface area (Å²) in [6, 6.07) is 8.00. The van der Waals surface area contributed by atoms with E-state index in [9.17, 15) is 0 Å². The summed E-state index contributed by atoms with van der Waals surface area (Å²) in [4.78, 5) is 4.57. The van der Waals surface area contributed by atoms with Crippen molar-refractivity contribution in [3.8, 4) is 0 Å². The largest absolute Gasteiger partial charge is 0.475 e. The van der Waals surface area contributed by atoms with Crippen molar-refractivity contribution in [2.24, 2.45) is 10.9 Å². The van der Waals surface area contributed by atoms with E-state index in [1.165, 1.54) is 18.4 Å². The minimum atomic E-state index is 0.202. The van der Waals surface area contributed by atoms with Crippen LogP contribution in [0.1, 0.15) is 24.8 Å². The van der Waals surface area contributed by atoms with Crippen LogP contribution >= 0.6 is 11.6 Å². The molecule has 1 unspecified atom stereocenters. The molecule has 0 spiro atoms. The molecule has 0 radical (unpaired) electrons. The lowest BCUT2D eigenvalue weighted by molar-refractivity contribution is 0.212. The minimum Gasteiger partial charge on any atom is -0.475 e. The highest BCUT2D eigenvalue weighted by Crippen LogP contribution is 2.21. The van der Waals surface area contributed by atoms with E-state index in [0.29, 0.717) is 0 Å². The van der Waals surface area contributed by atoms with Crippen LogP contribution in [0.2, 0.25) is 5.02 Å². The van der Waals surface area contributed by atoms with E-state index in [0.717, 1.165) is 49.3 Å². The second-order valence-electron chi connectivity index (χ2n) is 5.70. The molecule has 0 bridgehead atoms. The highest BCUT2D eigenvalue weighted by molar-refractivity contribution is 6.30. The van der Waals surface area contributed by atoms with Crippen molar-refractivity contribution in [2.75, 3.05) is 19.6 Å². The smallest absolute Gasteiger partial charge is 0.184 e. The Bertz CT molecular complexity index is 466. The van der Waals surface area contributed by atoms with Crippen LogP contribution in [0.4, 0.5) is 0 Å². The van der Waals surface area contributed by atoms with Crippen LogP contribution in [0.25, 0.3) is 0 Å². The number of nitrogens with one attached hydrogen (secondary N) is 1. The quantitative estimate of drug-likeness (QED) is 0.925. The van der Waals surface area contributed by atoms with Gasteiger partial charge in [-0.15, -0.1) is 0 Å². The first-order valence-corrected chi connectivity index (χ1v) is 7.82. The fourth-order valence-electron chi connectivity index (χ4n) is 2.91. The van der Waals surface area contributed by atoms with Gasteiger partial charge in [0, 0.05) is 17.9 Å². The Morgan fingerprint density at radius 3 is 2.65 bits per heavy atom. The maximum absolute atomic E-state index is 5.99. The molecule has 2 aliphatic rings. The number of halogens is 1. The number of benzene rings is 1. The second kappa shape index (κ2) is 6.59. The van der Waals surface area contributed by atoms with Crippen LogP contribution in [0.3, 0.4) is 0 Å². The van der Waals surface area contributed by atoms with E-state index < -0.39 is 0 Å². The Morgan fingerprint density at radius 1 is 1.15 bits per heavy atom. The van der Waals surface area contributed by atoms with Gasteiger partial charge in [-0.3, -0.25) is 4.99 Å². The summed E-state index contributed by atoms with van der Waals surface area (Å²) < 4.78 is 5.99. The maximum Gasteiger partial charge on any atom is 0.184 e. The molecule has 3 nitrogen and oxygen atoms in total. The number of nitrogens with zero attached hydrogens (tertiary/aromatic N) is 1. The average molecular weight is 293 g/mol. The van der Waals surface area contributed by atoms with E-state index in [-0.39, 0.29) is 6.10 Å². The molecule has 0 amide bonds. The first-order valence-electron chi connectivity index (χ1n) is 7.45. The molecule has 1 aromatic rings. The zero-order chi connectivity index (χ0) is 13.8. The fraction of sp³-hybridized carbons (Fsp3) is 0.562. The van der Waals surface area contributed by atoms with Crippen molar-refractivity contribution in [1.82, 2.24) is 5.32 Å². The van der Waals surface area contributed by atoms with Crippen molar-refractivity contribution >= 4 is 17.5 Å². The number of hydrogen-bond donors (Lipinski definition) is 1. The Balaban J connectivity index is 1.47. The van der Waals surface area contributed by atoms with Gasteiger partial charge in [-0.2, -0.15) is 0 Å². The molecular formula is C16H21ClN2O. The lowest BCUT2D eigenvalue weighted by Gasteiger charge is -2.22. The van der Waals surface area contributed by atoms with Crippen molar-refractivity contribution in [2.45, 2.75) is 31.8 Å².